The van der Waals surface area contributed by atoms with Gasteiger partial charge in [-0.05, 0) is 34.2 Å². The molecule has 0 bridgehead atoms. The summed E-state index contributed by atoms with van der Waals surface area (Å²) in [6.45, 7) is 7.09. The van der Waals surface area contributed by atoms with Crippen molar-refractivity contribution in [1.29, 1.82) is 0 Å². The molecule has 2 nitrogen and oxygen atoms in total. The van der Waals surface area contributed by atoms with E-state index in [1.807, 2.05) is 0 Å². The van der Waals surface area contributed by atoms with E-state index in [9.17, 15) is 0 Å². The van der Waals surface area contributed by atoms with Crippen LogP contribution < -0.4 is 10.1 Å². The molecule has 3 rings (SSSR count). The Morgan fingerprint density at radius 2 is 1.71 bits per heavy atom. The smallest absolute Gasteiger partial charge is 0.122 e. The molecule has 2 heteroatoms. The summed E-state index contributed by atoms with van der Waals surface area (Å²) < 4.78 is 5.54. The van der Waals surface area contributed by atoms with Crippen molar-refractivity contribution in [3.63, 3.8) is 0 Å². The van der Waals surface area contributed by atoms with Gasteiger partial charge in [0.25, 0.3) is 0 Å². The molecule has 1 aliphatic rings. The van der Waals surface area contributed by atoms with Gasteiger partial charge in [0.2, 0.25) is 0 Å². The van der Waals surface area contributed by atoms with E-state index in [4.69, 9.17) is 4.74 Å². The first-order chi connectivity index (χ1) is 10.2. The summed E-state index contributed by atoms with van der Waals surface area (Å²) in [4.78, 5) is 0. The maximum Gasteiger partial charge on any atom is 0.122 e. The van der Waals surface area contributed by atoms with Gasteiger partial charge in [-0.2, -0.15) is 0 Å². The minimum Gasteiger partial charge on any atom is -0.493 e. The third-order valence-corrected chi connectivity index (χ3v) is 4.06. The lowest BCUT2D eigenvalue weighted by Crippen LogP contribution is -2.12. The lowest BCUT2D eigenvalue weighted by atomic mass is 10.0. The summed E-state index contributed by atoms with van der Waals surface area (Å²) in [5, 5.41) is 3.52. The molecule has 1 aliphatic heterocycles. The van der Waals surface area contributed by atoms with Crippen molar-refractivity contribution < 1.29 is 4.74 Å². The van der Waals surface area contributed by atoms with Gasteiger partial charge in [-0.25, -0.2) is 0 Å². The molecule has 110 valence electrons. The number of benzene rings is 2. The van der Waals surface area contributed by atoms with Crippen LogP contribution in [0.3, 0.4) is 0 Å². The summed E-state index contributed by atoms with van der Waals surface area (Å²) >= 11 is 0. The first-order valence-corrected chi connectivity index (χ1v) is 7.76. The predicted molar refractivity (Wildman–Crippen MR) is 86.7 cm³/mol. The van der Waals surface area contributed by atoms with Gasteiger partial charge in [-0.3, -0.25) is 0 Å². The zero-order valence-electron chi connectivity index (χ0n) is 12.9. The van der Waals surface area contributed by atoms with Gasteiger partial charge in [-0.15, -0.1) is 0 Å². The Kier molecular flexibility index (Phi) is 4.26. The fourth-order valence-corrected chi connectivity index (χ4v) is 2.72. The summed E-state index contributed by atoms with van der Waals surface area (Å²) in [7, 11) is 0. The molecule has 1 heterocycles. The Labute approximate surface area is 127 Å². The van der Waals surface area contributed by atoms with Crippen LogP contribution >= 0.6 is 0 Å². The minimum absolute atomic E-state index is 0.598. The molecular weight excluding hydrogens is 258 g/mol. The minimum atomic E-state index is 0.598. The van der Waals surface area contributed by atoms with E-state index in [1.165, 1.54) is 22.3 Å². The van der Waals surface area contributed by atoms with Crippen molar-refractivity contribution in [3.8, 4) is 5.75 Å². The average Bonchev–Trinajstić information content (AvgIpc) is 2.95. The standard InChI is InChI=1S/C19H23NO/c1-14(2)17-6-3-15(4-7-17)12-20-13-16-5-8-19-18(11-16)9-10-21-19/h3-8,11,14,20H,9-10,12-13H2,1-2H3. The Hall–Kier alpha value is -1.80. The SMILES string of the molecule is CC(C)c1ccc(CNCc2ccc3c(c2)CCO3)cc1. The number of rotatable bonds is 5. The molecule has 2 aromatic rings. The van der Waals surface area contributed by atoms with Crippen LogP contribution in [0.1, 0.15) is 42.0 Å². The van der Waals surface area contributed by atoms with Crippen molar-refractivity contribution in [2.75, 3.05) is 6.61 Å². The molecule has 0 atom stereocenters. The fourth-order valence-electron chi connectivity index (χ4n) is 2.72. The van der Waals surface area contributed by atoms with Crippen LogP contribution in [0, 0.1) is 0 Å². The van der Waals surface area contributed by atoms with Crippen molar-refractivity contribution in [2.45, 2.75) is 39.3 Å². The van der Waals surface area contributed by atoms with Crippen LogP contribution in [0.4, 0.5) is 0 Å². The van der Waals surface area contributed by atoms with E-state index in [0.717, 1.165) is 31.9 Å². The molecule has 0 aromatic heterocycles. The highest BCUT2D eigenvalue weighted by Gasteiger charge is 2.11. The molecule has 0 radical (unpaired) electrons. The third-order valence-electron chi connectivity index (χ3n) is 4.06. The van der Waals surface area contributed by atoms with Crippen LogP contribution in [-0.4, -0.2) is 6.61 Å². The molecule has 0 saturated heterocycles. The first-order valence-electron chi connectivity index (χ1n) is 7.76. The summed E-state index contributed by atoms with van der Waals surface area (Å²) in [5.74, 6) is 1.66. The Morgan fingerprint density at radius 3 is 2.48 bits per heavy atom. The number of ether oxygens (including phenoxy) is 1. The number of nitrogens with one attached hydrogen (secondary N) is 1. The van der Waals surface area contributed by atoms with E-state index in [0.29, 0.717) is 5.92 Å². The highest BCUT2D eigenvalue weighted by Crippen LogP contribution is 2.25. The number of hydrogen-bond acceptors (Lipinski definition) is 2. The van der Waals surface area contributed by atoms with E-state index in [-0.39, 0.29) is 0 Å². The van der Waals surface area contributed by atoms with Gasteiger partial charge in [-0.1, -0.05) is 50.2 Å². The van der Waals surface area contributed by atoms with Gasteiger partial charge in [0.05, 0.1) is 6.61 Å². The zero-order chi connectivity index (χ0) is 14.7. The van der Waals surface area contributed by atoms with Gasteiger partial charge in [0, 0.05) is 19.5 Å². The Balaban J connectivity index is 1.54. The van der Waals surface area contributed by atoms with Gasteiger partial charge in [0.1, 0.15) is 5.75 Å². The third kappa shape index (κ3) is 3.45. The second-order valence-corrected chi connectivity index (χ2v) is 6.04. The lowest BCUT2D eigenvalue weighted by Gasteiger charge is -2.09. The topological polar surface area (TPSA) is 21.3 Å². The predicted octanol–water partition coefficient (Wildman–Crippen LogP) is 4.03. The largest absolute Gasteiger partial charge is 0.493 e. The van der Waals surface area contributed by atoms with Gasteiger partial charge < -0.3 is 10.1 Å². The Morgan fingerprint density at radius 1 is 1.00 bits per heavy atom. The number of hydrogen-bond donors (Lipinski definition) is 1. The molecule has 0 unspecified atom stereocenters. The lowest BCUT2D eigenvalue weighted by molar-refractivity contribution is 0.357. The second kappa shape index (κ2) is 6.31. The molecule has 0 amide bonds. The summed E-state index contributed by atoms with van der Waals surface area (Å²) in [6, 6.07) is 15.4. The normalized spacial score (nSPS) is 13.3. The monoisotopic (exact) mass is 281 g/mol. The van der Waals surface area contributed by atoms with Gasteiger partial charge in [0.15, 0.2) is 0 Å². The number of fused-ring (bicyclic) bond motifs is 1. The molecule has 2 aromatic carbocycles. The van der Waals surface area contributed by atoms with E-state index >= 15 is 0 Å². The van der Waals surface area contributed by atoms with E-state index in [2.05, 4.69) is 61.6 Å². The maximum atomic E-state index is 5.54. The molecular formula is C19H23NO. The first kappa shape index (κ1) is 14.2. The van der Waals surface area contributed by atoms with Crippen LogP contribution in [-0.2, 0) is 19.5 Å². The van der Waals surface area contributed by atoms with E-state index < -0.39 is 0 Å². The van der Waals surface area contributed by atoms with Crippen LogP contribution in [0.5, 0.6) is 5.75 Å². The Bertz CT molecular complexity index is 601. The zero-order valence-corrected chi connectivity index (χ0v) is 12.9. The average molecular weight is 281 g/mol. The highest BCUT2D eigenvalue weighted by molar-refractivity contribution is 5.39. The van der Waals surface area contributed by atoms with Crippen LogP contribution in [0.25, 0.3) is 0 Å². The highest BCUT2D eigenvalue weighted by atomic mass is 16.5. The van der Waals surface area contributed by atoms with Gasteiger partial charge >= 0.3 is 0 Å². The van der Waals surface area contributed by atoms with Crippen molar-refractivity contribution in [3.05, 3.63) is 64.7 Å². The van der Waals surface area contributed by atoms with Crippen molar-refractivity contribution in [2.24, 2.45) is 0 Å². The van der Waals surface area contributed by atoms with Crippen LogP contribution in [0.2, 0.25) is 0 Å². The second-order valence-electron chi connectivity index (χ2n) is 6.04. The van der Waals surface area contributed by atoms with Crippen molar-refractivity contribution in [1.82, 2.24) is 5.32 Å². The fraction of sp³-hybridized carbons (Fsp3) is 0.368. The summed E-state index contributed by atoms with van der Waals surface area (Å²) in [6.07, 6.45) is 1.04. The maximum absolute atomic E-state index is 5.54. The molecule has 0 aliphatic carbocycles. The molecule has 0 spiro atoms. The summed E-state index contributed by atoms with van der Waals surface area (Å²) in [5.41, 5.74) is 5.41. The molecule has 0 fully saturated rings. The quantitative estimate of drug-likeness (QED) is 0.893. The molecule has 0 saturated carbocycles. The molecule has 21 heavy (non-hydrogen) atoms. The van der Waals surface area contributed by atoms with E-state index in [1.54, 1.807) is 0 Å². The molecule has 1 N–H and O–H groups in total. The van der Waals surface area contributed by atoms with Crippen molar-refractivity contribution >= 4 is 0 Å². The van der Waals surface area contributed by atoms with Crippen LogP contribution in [0.15, 0.2) is 42.5 Å².